The van der Waals surface area contributed by atoms with Crippen LogP contribution in [0.1, 0.15) is 10.4 Å². The van der Waals surface area contributed by atoms with Crippen molar-refractivity contribution in [1.29, 1.82) is 0 Å². The molecule has 0 unspecified atom stereocenters. The molecule has 2 rings (SSSR count). The number of halogens is 2. The molecule has 0 saturated heterocycles. The van der Waals surface area contributed by atoms with Crippen LogP contribution in [0.3, 0.4) is 0 Å². The monoisotopic (exact) mass is 397 g/mol. The number of hydrogen-bond donors (Lipinski definition) is 1. The van der Waals surface area contributed by atoms with E-state index in [4.69, 9.17) is 37.4 Å². The third-order valence-corrected chi connectivity index (χ3v) is 3.83. The standard InChI is InChI=1S/C18H17Cl2NO5/c1-24-13-5-2-4-12(10-13)18(23)21-11-16(22)25-8-9-26-17-14(19)6-3-7-15(17)20/h2-7,10H,8-9,11H2,1H3,(H,21,23). The average molecular weight is 398 g/mol. The van der Waals surface area contributed by atoms with Gasteiger partial charge in [0.05, 0.1) is 17.2 Å². The zero-order valence-corrected chi connectivity index (χ0v) is 15.5. The Morgan fingerprint density at radius 3 is 2.42 bits per heavy atom. The fraction of sp³-hybridized carbons (Fsp3) is 0.222. The van der Waals surface area contributed by atoms with Crippen LogP contribution in [0.4, 0.5) is 0 Å². The van der Waals surface area contributed by atoms with Crippen molar-refractivity contribution in [2.45, 2.75) is 0 Å². The molecule has 6 nitrogen and oxygen atoms in total. The molecule has 0 aliphatic carbocycles. The molecule has 8 heteroatoms. The van der Waals surface area contributed by atoms with Gasteiger partial charge in [-0.25, -0.2) is 0 Å². The van der Waals surface area contributed by atoms with Crippen LogP contribution in [0.25, 0.3) is 0 Å². The van der Waals surface area contributed by atoms with E-state index in [0.29, 0.717) is 27.1 Å². The number of carbonyl (C=O) groups is 2. The largest absolute Gasteiger partial charge is 0.497 e. The second-order valence-electron chi connectivity index (χ2n) is 5.03. The van der Waals surface area contributed by atoms with Crippen molar-refractivity contribution in [1.82, 2.24) is 5.32 Å². The number of para-hydroxylation sites is 1. The van der Waals surface area contributed by atoms with Crippen molar-refractivity contribution in [3.05, 3.63) is 58.1 Å². The summed E-state index contributed by atoms with van der Waals surface area (Å²) in [6.45, 7) is -0.183. The predicted molar refractivity (Wildman–Crippen MR) is 98.2 cm³/mol. The van der Waals surface area contributed by atoms with Crippen molar-refractivity contribution in [3.8, 4) is 11.5 Å². The second kappa shape index (κ2) is 9.89. The molecular weight excluding hydrogens is 381 g/mol. The Bertz CT molecular complexity index is 762. The van der Waals surface area contributed by atoms with E-state index < -0.39 is 11.9 Å². The molecule has 0 fully saturated rings. The molecule has 0 atom stereocenters. The first kappa shape index (κ1) is 19.9. The Hall–Kier alpha value is -2.44. The first-order valence-electron chi connectivity index (χ1n) is 7.66. The van der Waals surface area contributed by atoms with Gasteiger partial charge in [-0.05, 0) is 30.3 Å². The van der Waals surface area contributed by atoms with Gasteiger partial charge in [-0.1, -0.05) is 35.3 Å². The van der Waals surface area contributed by atoms with Gasteiger partial charge < -0.3 is 19.5 Å². The van der Waals surface area contributed by atoms with Crippen molar-refractivity contribution >= 4 is 35.1 Å². The molecule has 0 radical (unpaired) electrons. The summed E-state index contributed by atoms with van der Waals surface area (Å²) in [5.41, 5.74) is 0.383. The summed E-state index contributed by atoms with van der Waals surface area (Å²) in [5.74, 6) is -0.108. The van der Waals surface area contributed by atoms with Crippen LogP contribution in [0.2, 0.25) is 10.0 Å². The Labute approximate surface area is 160 Å². The quantitative estimate of drug-likeness (QED) is 0.545. The highest BCUT2D eigenvalue weighted by molar-refractivity contribution is 6.37. The fourth-order valence-corrected chi connectivity index (χ4v) is 2.50. The van der Waals surface area contributed by atoms with Gasteiger partial charge >= 0.3 is 5.97 Å². The number of methoxy groups -OCH3 is 1. The molecule has 2 aromatic rings. The number of benzene rings is 2. The van der Waals surface area contributed by atoms with Gasteiger partial charge in [-0.15, -0.1) is 0 Å². The Balaban J connectivity index is 1.71. The van der Waals surface area contributed by atoms with Gasteiger partial charge in [0.15, 0.2) is 5.75 Å². The molecule has 2 aromatic carbocycles. The predicted octanol–water partition coefficient (Wildman–Crippen LogP) is 3.35. The lowest BCUT2D eigenvalue weighted by Gasteiger charge is -2.10. The smallest absolute Gasteiger partial charge is 0.325 e. The third kappa shape index (κ3) is 5.82. The van der Waals surface area contributed by atoms with E-state index in [1.807, 2.05) is 0 Å². The molecule has 1 amide bonds. The second-order valence-corrected chi connectivity index (χ2v) is 5.85. The highest BCUT2D eigenvalue weighted by atomic mass is 35.5. The van der Waals surface area contributed by atoms with Crippen LogP contribution >= 0.6 is 23.2 Å². The van der Waals surface area contributed by atoms with Gasteiger partial charge in [0.1, 0.15) is 25.5 Å². The summed E-state index contributed by atoms with van der Waals surface area (Å²) in [6.07, 6.45) is 0. The number of hydrogen-bond acceptors (Lipinski definition) is 5. The average Bonchev–Trinajstić information content (AvgIpc) is 2.65. The summed E-state index contributed by atoms with van der Waals surface area (Å²) in [4.78, 5) is 23.7. The van der Waals surface area contributed by atoms with Gasteiger partial charge in [0.2, 0.25) is 0 Å². The Morgan fingerprint density at radius 2 is 1.73 bits per heavy atom. The number of carbonyl (C=O) groups excluding carboxylic acids is 2. The zero-order chi connectivity index (χ0) is 18.9. The minimum Gasteiger partial charge on any atom is -0.497 e. The molecule has 0 aliphatic rings. The molecule has 1 N–H and O–H groups in total. The summed E-state index contributed by atoms with van der Waals surface area (Å²) < 4.78 is 15.4. The highest BCUT2D eigenvalue weighted by Crippen LogP contribution is 2.32. The lowest BCUT2D eigenvalue weighted by Crippen LogP contribution is -2.31. The first-order valence-corrected chi connectivity index (χ1v) is 8.41. The maximum atomic E-state index is 12.0. The molecule has 0 heterocycles. The maximum absolute atomic E-state index is 12.0. The Kier molecular flexibility index (Phi) is 7.56. The highest BCUT2D eigenvalue weighted by Gasteiger charge is 2.10. The number of nitrogens with one attached hydrogen (secondary N) is 1. The maximum Gasteiger partial charge on any atom is 0.325 e. The van der Waals surface area contributed by atoms with Crippen LogP contribution in [0.15, 0.2) is 42.5 Å². The summed E-state index contributed by atoms with van der Waals surface area (Å²) >= 11 is 11.9. The van der Waals surface area contributed by atoms with Crippen LogP contribution < -0.4 is 14.8 Å². The van der Waals surface area contributed by atoms with Crippen LogP contribution in [0.5, 0.6) is 11.5 Å². The van der Waals surface area contributed by atoms with E-state index in [2.05, 4.69) is 5.32 Å². The third-order valence-electron chi connectivity index (χ3n) is 3.24. The molecular formula is C18H17Cl2NO5. The summed E-state index contributed by atoms with van der Waals surface area (Å²) in [5, 5.41) is 3.21. The lowest BCUT2D eigenvalue weighted by molar-refractivity contribution is -0.143. The molecule has 0 aliphatic heterocycles. The normalized spacial score (nSPS) is 10.1. The number of rotatable bonds is 8. The van der Waals surface area contributed by atoms with E-state index in [0.717, 1.165) is 0 Å². The van der Waals surface area contributed by atoms with Crippen molar-refractivity contribution in [2.75, 3.05) is 26.9 Å². The van der Waals surface area contributed by atoms with E-state index in [1.165, 1.54) is 7.11 Å². The number of esters is 1. The van der Waals surface area contributed by atoms with E-state index in [9.17, 15) is 9.59 Å². The van der Waals surface area contributed by atoms with Crippen LogP contribution in [-0.4, -0.2) is 38.7 Å². The fourth-order valence-electron chi connectivity index (χ4n) is 1.99. The number of ether oxygens (including phenoxy) is 3. The Morgan fingerprint density at radius 1 is 1.04 bits per heavy atom. The molecule has 0 saturated carbocycles. The van der Waals surface area contributed by atoms with Gasteiger partial charge in [-0.2, -0.15) is 0 Å². The molecule has 26 heavy (non-hydrogen) atoms. The van der Waals surface area contributed by atoms with Crippen LogP contribution in [-0.2, 0) is 9.53 Å². The van der Waals surface area contributed by atoms with Gasteiger partial charge in [-0.3, -0.25) is 9.59 Å². The SMILES string of the molecule is COc1cccc(C(=O)NCC(=O)OCCOc2c(Cl)cccc2Cl)c1. The molecule has 0 spiro atoms. The topological polar surface area (TPSA) is 73.9 Å². The van der Waals surface area contributed by atoms with E-state index in [1.54, 1.807) is 42.5 Å². The first-order chi connectivity index (χ1) is 12.5. The molecule has 0 aromatic heterocycles. The summed E-state index contributed by atoms with van der Waals surface area (Å²) in [6, 6.07) is 11.6. The van der Waals surface area contributed by atoms with E-state index >= 15 is 0 Å². The van der Waals surface area contributed by atoms with Gasteiger partial charge in [0, 0.05) is 5.56 Å². The van der Waals surface area contributed by atoms with Crippen LogP contribution in [0, 0.1) is 0 Å². The van der Waals surface area contributed by atoms with Crippen molar-refractivity contribution < 1.29 is 23.8 Å². The lowest BCUT2D eigenvalue weighted by atomic mass is 10.2. The van der Waals surface area contributed by atoms with Crippen molar-refractivity contribution in [3.63, 3.8) is 0 Å². The van der Waals surface area contributed by atoms with E-state index in [-0.39, 0.29) is 19.8 Å². The van der Waals surface area contributed by atoms with Gasteiger partial charge in [0.25, 0.3) is 5.91 Å². The number of amides is 1. The van der Waals surface area contributed by atoms with Crippen molar-refractivity contribution in [2.24, 2.45) is 0 Å². The minimum atomic E-state index is -0.588. The molecule has 138 valence electrons. The zero-order valence-electron chi connectivity index (χ0n) is 14.0. The summed E-state index contributed by atoms with van der Waals surface area (Å²) in [7, 11) is 1.51. The molecule has 0 bridgehead atoms. The minimum absolute atomic E-state index is 0.00455.